The van der Waals surface area contributed by atoms with Crippen molar-refractivity contribution in [1.82, 2.24) is 19.7 Å². The van der Waals surface area contributed by atoms with Gasteiger partial charge in [0.2, 0.25) is 0 Å². The number of rotatable bonds is 3. The highest BCUT2D eigenvalue weighted by molar-refractivity contribution is 5.50. The third kappa shape index (κ3) is 3.76. The second-order valence-corrected chi connectivity index (χ2v) is 8.33. The average Bonchev–Trinajstić information content (AvgIpc) is 3.49. The number of nitrogens with zero attached hydrogens (tertiary/aromatic N) is 5. The molecule has 1 aliphatic carbocycles. The molecular formula is C21H15F8N5. The van der Waals surface area contributed by atoms with Crippen LogP contribution in [0.1, 0.15) is 42.4 Å². The van der Waals surface area contributed by atoms with Gasteiger partial charge in [0, 0.05) is 12.1 Å². The minimum absolute atomic E-state index is 0.0172. The Bertz CT molecular complexity index is 1200. The number of piperidine rings is 1. The number of pyridine rings is 1. The van der Waals surface area contributed by atoms with Crippen molar-refractivity contribution in [3.63, 3.8) is 0 Å². The summed E-state index contributed by atoms with van der Waals surface area (Å²) in [5.41, 5.74) is -2.95. The van der Waals surface area contributed by atoms with E-state index in [4.69, 9.17) is 0 Å². The molecule has 3 heterocycles. The first-order chi connectivity index (χ1) is 15.9. The van der Waals surface area contributed by atoms with Gasteiger partial charge in [-0.15, -0.1) is 10.2 Å². The number of hydrogen-bond acceptors (Lipinski definition) is 4. The summed E-state index contributed by atoms with van der Waals surface area (Å²) in [5.74, 6) is -2.64. The van der Waals surface area contributed by atoms with E-state index in [9.17, 15) is 35.1 Å². The topological polar surface area (TPSA) is 46.8 Å². The molecule has 2 bridgehead atoms. The van der Waals surface area contributed by atoms with Crippen molar-refractivity contribution in [2.75, 3.05) is 4.90 Å². The van der Waals surface area contributed by atoms with Gasteiger partial charge in [-0.2, -0.15) is 26.3 Å². The first-order valence-corrected chi connectivity index (χ1v) is 10.2. The van der Waals surface area contributed by atoms with E-state index in [1.165, 1.54) is 21.9 Å². The highest BCUT2D eigenvalue weighted by atomic mass is 19.4. The van der Waals surface area contributed by atoms with Crippen molar-refractivity contribution in [3.8, 4) is 5.69 Å². The van der Waals surface area contributed by atoms with Gasteiger partial charge in [-0.1, -0.05) is 0 Å². The van der Waals surface area contributed by atoms with Crippen LogP contribution in [-0.4, -0.2) is 25.8 Å². The van der Waals surface area contributed by atoms with Crippen LogP contribution >= 0.6 is 0 Å². The number of anilines is 1. The largest absolute Gasteiger partial charge is 0.433 e. The Morgan fingerprint density at radius 2 is 1.65 bits per heavy atom. The number of alkyl halides is 6. The number of halogens is 8. The molecule has 1 saturated heterocycles. The van der Waals surface area contributed by atoms with Gasteiger partial charge in [0.25, 0.3) is 0 Å². The average molecular weight is 489 g/mol. The molecule has 3 aromatic rings. The Balaban J connectivity index is 1.63. The normalized spacial score (nSPS) is 22.6. The fraction of sp³-hybridized carbons (Fsp3) is 0.381. The predicted octanol–water partition coefficient (Wildman–Crippen LogP) is 5.71. The van der Waals surface area contributed by atoms with Crippen LogP contribution in [-0.2, 0) is 12.4 Å². The molecule has 0 radical (unpaired) electrons. The number of hydrogen-bond donors (Lipinski definition) is 0. The molecule has 1 saturated carbocycles. The second kappa shape index (κ2) is 7.64. The lowest BCUT2D eigenvalue weighted by Gasteiger charge is -2.36. The van der Waals surface area contributed by atoms with Gasteiger partial charge in [0.05, 0.1) is 17.3 Å². The molecular weight excluding hydrogens is 474 g/mol. The molecule has 1 aromatic carbocycles. The lowest BCUT2D eigenvalue weighted by molar-refractivity contribution is -0.145. The Hall–Kier alpha value is -3.25. The Labute approximate surface area is 187 Å². The summed E-state index contributed by atoms with van der Waals surface area (Å²) >= 11 is 0. The maximum absolute atomic E-state index is 13.8. The zero-order valence-corrected chi connectivity index (χ0v) is 17.1. The monoisotopic (exact) mass is 489 g/mol. The summed E-state index contributed by atoms with van der Waals surface area (Å²) in [7, 11) is 0. The van der Waals surface area contributed by atoms with Crippen molar-refractivity contribution >= 4 is 5.82 Å². The van der Waals surface area contributed by atoms with Crippen molar-refractivity contribution in [3.05, 3.63) is 65.4 Å². The van der Waals surface area contributed by atoms with E-state index < -0.39 is 47.1 Å². The Kier molecular flexibility index (Phi) is 5.06. The highest BCUT2D eigenvalue weighted by Crippen LogP contribution is 2.52. The molecule has 0 N–H and O–H groups in total. The maximum Gasteiger partial charge on any atom is 0.433 e. The summed E-state index contributed by atoms with van der Waals surface area (Å²) in [5, 5.41) is 7.86. The van der Waals surface area contributed by atoms with E-state index in [1.807, 2.05) is 0 Å². The van der Waals surface area contributed by atoms with E-state index in [0.717, 1.165) is 12.1 Å². The molecule has 1 aliphatic heterocycles. The smallest absolute Gasteiger partial charge is 0.343 e. The van der Waals surface area contributed by atoms with Crippen LogP contribution in [0.2, 0.25) is 0 Å². The van der Waals surface area contributed by atoms with Crippen LogP contribution < -0.4 is 4.90 Å². The fourth-order valence-corrected chi connectivity index (χ4v) is 4.89. The summed E-state index contributed by atoms with van der Waals surface area (Å²) in [4.78, 5) is 4.96. The van der Waals surface area contributed by atoms with Crippen molar-refractivity contribution < 1.29 is 35.1 Å². The lowest BCUT2D eigenvalue weighted by Crippen LogP contribution is -2.37. The van der Waals surface area contributed by atoms with Gasteiger partial charge in [-0.3, -0.25) is 4.57 Å². The summed E-state index contributed by atoms with van der Waals surface area (Å²) in [6, 6.07) is 2.54. The molecule has 0 unspecified atom stereocenters. The maximum atomic E-state index is 13.8. The van der Waals surface area contributed by atoms with Crippen LogP contribution in [0.4, 0.5) is 40.9 Å². The van der Waals surface area contributed by atoms with Crippen LogP contribution in [0.25, 0.3) is 5.69 Å². The van der Waals surface area contributed by atoms with Crippen LogP contribution in [0, 0.1) is 17.6 Å². The molecule has 5 rings (SSSR count). The zero-order valence-electron chi connectivity index (χ0n) is 17.1. The van der Waals surface area contributed by atoms with Gasteiger partial charge in [0.1, 0.15) is 17.8 Å². The van der Waals surface area contributed by atoms with Crippen molar-refractivity contribution in [1.29, 1.82) is 0 Å². The lowest BCUT2D eigenvalue weighted by atomic mass is 9.97. The third-order valence-corrected chi connectivity index (χ3v) is 6.30. The second-order valence-electron chi connectivity index (χ2n) is 8.33. The molecule has 2 aromatic heterocycles. The van der Waals surface area contributed by atoms with Crippen LogP contribution in [0.3, 0.4) is 0 Å². The quantitative estimate of drug-likeness (QED) is 0.443. The standard InChI is InChI=1S/C21H15F8N5/c22-14-4-3-12(8-15(14)23)33-9-30-32-19(33)18-10-1-2-13(5-10)34(18)17-7-11(20(24,25)26)6-16(31-17)21(27,28)29/h3-4,6-10,13,18H,1-2,5H2/t10-,13+,18-/m0/s1. The molecule has 2 fully saturated rings. The first kappa shape index (κ1) is 22.5. The van der Waals surface area contributed by atoms with Gasteiger partial charge in [0.15, 0.2) is 17.5 Å². The molecule has 180 valence electrons. The molecule has 0 amide bonds. The van der Waals surface area contributed by atoms with Gasteiger partial charge >= 0.3 is 12.4 Å². The van der Waals surface area contributed by atoms with Gasteiger partial charge < -0.3 is 4.90 Å². The van der Waals surface area contributed by atoms with Crippen molar-refractivity contribution in [2.45, 2.75) is 43.7 Å². The molecule has 5 nitrogen and oxygen atoms in total. The van der Waals surface area contributed by atoms with Crippen LogP contribution in [0.5, 0.6) is 0 Å². The number of fused-ring (bicyclic) bond motifs is 2. The van der Waals surface area contributed by atoms with E-state index in [2.05, 4.69) is 15.2 Å². The molecule has 2 aliphatic rings. The van der Waals surface area contributed by atoms with E-state index in [-0.39, 0.29) is 29.5 Å². The minimum atomic E-state index is -5.09. The third-order valence-electron chi connectivity index (χ3n) is 6.30. The SMILES string of the molecule is Fc1ccc(-n2cnnc2[C@@H]2[C@H]3CC[C@H](C3)N2c2cc(C(F)(F)F)cc(C(F)(F)F)n2)cc1F. The molecule has 34 heavy (non-hydrogen) atoms. The number of benzene rings is 1. The summed E-state index contributed by atoms with van der Waals surface area (Å²) in [6.45, 7) is 0. The summed E-state index contributed by atoms with van der Waals surface area (Å²) < 4.78 is 109. The minimum Gasteiger partial charge on any atom is -0.343 e. The van der Waals surface area contributed by atoms with Crippen LogP contribution in [0.15, 0.2) is 36.7 Å². The van der Waals surface area contributed by atoms with Gasteiger partial charge in [-0.05, 0) is 49.4 Å². The number of aromatic nitrogens is 4. The fourth-order valence-electron chi connectivity index (χ4n) is 4.89. The van der Waals surface area contributed by atoms with E-state index in [0.29, 0.717) is 25.3 Å². The zero-order chi connectivity index (χ0) is 24.4. The predicted molar refractivity (Wildman–Crippen MR) is 102 cm³/mol. The first-order valence-electron chi connectivity index (χ1n) is 10.2. The van der Waals surface area contributed by atoms with E-state index in [1.54, 1.807) is 0 Å². The molecule has 0 spiro atoms. The molecule has 13 heteroatoms. The van der Waals surface area contributed by atoms with Crippen molar-refractivity contribution in [2.24, 2.45) is 5.92 Å². The Morgan fingerprint density at radius 3 is 2.32 bits per heavy atom. The van der Waals surface area contributed by atoms with Gasteiger partial charge in [-0.25, -0.2) is 13.8 Å². The summed E-state index contributed by atoms with van der Waals surface area (Å²) in [6.07, 6.45) is -7.14. The Morgan fingerprint density at radius 1 is 0.882 bits per heavy atom. The van der Waals surface area contributed by atoms with E-state index >= 15 is 0 Å². The molecule has 3 atom stereocenters. The highest BCUT2D eigenvalue weighted by Gasteiger charge is 2.50.